The van der Waals surface area contributed by atoms with Crippen molar-refractivity contribution >= 4 is 17.5 Å². The van der Waals surface area contributed by atoms with Crippen molar-refractivity contribution in [2.45, 2.75) is 13.0 Å². The minimum Gasteiger partial charge on any atom is -0.389 e. The Kier molecular flexibility index (Phi) is 5.90. The van der Waals surface area contributed by atoms with Crippen LogP contribution in [-0.4, -0.2) is 52.9 Å². The highest BCUT2D eigenvalue weighted by atomic mass is 16.6. The second-order valence-corrected chi connectivity index (χ2v) is 3.70. The predicted molar refractivity (Wildman–Crippen MR) is 69.2 cm³/mol. The zero-order chi connectivity index (χ0) is 14.3. The summed E-state index contributed by atoms with van der Waals surface area (Å²) in [6.07, 6.45) is 0.345. The molecule has 0 saturated heterocycles. The molecule has 0 spiro atoms. The molecule has 0 aliphatic carbocycles. The Hall–Kier alpha value is -2.00. The molecule has 0 bridgehead atoms. The lowest BCUT2D eigenvalue weighted by Crippen LogP contribution is -2.25. The normalized spacial score (nSPS) is 11.9. The number of aliphatic hydroxyl groups is 1. The standard InChI is InChI=1S/C10H17N5O4/c1-3-11-10-13-5-8(15(17)18)9(14-10)12-4-7(16)6-19-2/h5,7,16H,3-4,6H2,1-2H3,(H2,11,12,13,14). The number of nitrogens with zero attached hydrogens (tertiary/aromatic N) is 3. The third-order valence-corrected chi connectivity index (χ3v) is 2.17. The molecular formula is C10H17N5O4. The monoisotopic (exact) mass is 271 g/mol. The number of methoxy groups -OCH3 is 1. The van der Waals surface area contributed by atoms with Crippen LogP contribution < -0.4 is 10.6 Å². The van der Waals surface area contributed by atoms with Crippen LogP contribution >= 0.6 is 0 Å². The molecule has 0 fully saturated rings. The quantitative estimate of drug-likeness (QED) is 0.454. The van der Waals surface area contributed by atoms with Gasteiger partial charge in [-0.1, -0.05) is 0 Å². The van der Waals surface area contributed by atoms with E-state index >= 15 is 0 Å². The van der Waals surface area contributed by atoms with Gasteiger partial charge in [0.05, 0.1) is 17.6 Å². The smallest absolute Gasteiger partial charge is 0.329 e. The van der Waals surface area contributed by atoms with Gasteiger partial charge in [0, 0.05) is 20.2 Å². The molecule has 1 aromatic rings. The number of nitro groups is 1. The molecule has 0 aliphatic heterocycles. The summed E-state index contributed by atoms with van der Waals surface area (Å²) in [5.74, 6) is 0.350. The zero-order valence-electron chi connectivity index (χ0n) is 10.8. The van der Waals surface area contributed by atoms with Gasteiger partial charge in [-0.25, -0.2) is 4.98 Å². The van der Waals surface area contributed by atoms with Gasteiger partial charge >= 0.3 is 5.69 Å². The van der Waals surface area contributed by atoms with Crippen LogP contribution in [0.3, 0.4) is 0 Å². The highest BCUT2D eigenvalue weighted by molar-refractivity contribution is 5.56. The van der Waals surface area contributed by atoms with Crippen molar-refractivity contribution in [1.29, 1.82) is 0 Å². The summed E-state index contributed by atoms with van der Waals surface area (Å²) in [6, 6.07) is 0. The number of rotatable bonds is 8. The van der Waals surface area contributed by atoms with Gasteiger partial charge in [0.25, 0.3) is 0 Å². The minimum atomic E-state index is -0.776. The summed E-state index contributed by atoms with van der Waals surface area (Å²) in [4.78, 5) is 18.1. The van der Waals surface area contributed by atoms with E-state index in [0.29, 0.717) is 6.54 Å². The average Bonchev–Trinajstić information content (AvgIpc) is 2.37. The third kappa shape index (κ3) is 4.64. The number of ether oxygens (including phenoxy) is 1. The third-order valence-electron chi connectivity index (χ3n) is 2.17. The first kappa shape index (κ1) is 15.1. The van der Waals surface area contributed by atoms with E-state index in [1.165, 1.54) is 7.11 Å². The molecule has 0 amide bonds. The van der Waals surface area contributed by atoms with Crippen molar-refractivity contribution in [2.75, 3.05) is 37.4 Å². The van der Waals surface area contributed by atoms with Crippen LogP contribution in [0.15, 0.2) is 6.20 Å². The Bertz CT molecular complexity index is 428. The van der Waals surface area contributed by atoms with E-state index in [9.17, 15) is 15.2 Å². The van der Waals surface area contributed by atoms with Gasteiger partial charge in [-0.05, 0) is 6.92 Å². The lowest BCUT2D eigenvalue weighted by molar-refractivity contribution is -0.384. The molecule has 1 aromatic heterocycles. The molecule has 19 heavy (non-hydrogen) atoms. The Labute approximate surface area is 110 Å². The van der Waals surface area contributed by atoms with Gasteiger partial charge in [0.15, 0.2) is 0 Å². The summed E-state index contributed by atoms with van der Waals surface area (Å²) in [5.41, 5.74) is -0.244. The van der Waals surface area contributed by atoms with Crippen LogP contribution in [0.5, 0.6) is 0 Å². The van der Waals surface area contributed by atoms with Crippen LogP contribution in [0.1, 0.15) is 6.92 Å². The number of hydrogen-bond donors (Lipinski definition) is 3. The summed E-state index contributed by atoms with van der Waals surface area (Å²) >= 11 is 0. The summed E-state index contributed by atoms with van der Waals surface area (Å²) in [6.45, 7) is 2.69. The second-order valence-electron chi connectivity index (χ2n) is 3.70. The first-order valence-electron chi connectivity index (χ1n) is 5.74. The molecule has 9 nitrogen and oxygen atoms in total. The van der Waals surface area contributed by atoms with Gasteiger partial charge < -0.3 is 20.5 Å². The summed E-state index contributed by atoms with van der Waals surface area (Å²) < 4.78 is 4.76. The largest absolute Gasteiger partial charge is 0.389 e. The van der Waals surface area contributed by atoms with Crippen LogP contribution in [0.25, 0.3) is 0 Å². The van der Waals surface area contributed by atoms with Crippen LogP contribution in [0.2, 0.25) is 0 Å². The van der Waals surface area contributed by atoms with Gasteiger partial charge in [-0.2, -0.15) is 4.98 Å². The van der Waals surface area contributed by atoms with Gasteiger partial charge in [0.2, 0.25) is 11.8 Å². The van der Waals surface area contributed by atoms with Crippen molar-refractivity contribution in [1.82, 2.24) is 9.97 Å². The van der Waals surface area contributed by atoms with E-state index in [1.54, 1.807) is 0 Å². The molecule has 0 radical (unpaired) electrons. The topological polar surface area (TPSA) is 122 Å². The Balaban J connectivity index is 2.82. The maximum Gasteiger partial charge on any atom is 0.329 e. The van der Waals surface area contributed by atoms with E-state index in [1.807, 2.05) is 6.92 Å². The summed E-state index contributed by atoms with van der Waals surface area (Å²) in [7, 11) is 1.46. The maximum absolute atomic E-state index is 10.8. The van der Waals surface area contributed by atoms with Crippen LogP contribution in [0, 0.1) is 10.1 Å². The molecule has 0 aromatic carbocycles. The van der Waals surface area contributed by atoms with Crippen molar-refractivity contribution in [3.05, 3.63) is 16.3 Å². The highest BCUT2D eigenvalue weighted by Crippen LogP contribution is 2.21. The summed E-state index contributed by atoms with van der Waals surface area (Å²) in [5, 5.41) is 25.9. The molecule has 1 heterocycles. The molecule has 106 valence electrons. The fourth-order valence-electron chi connectivity index (χ4n) is 1.35. The van der Waals surface area contributed by atoms with Gasteiger partial charge in [0.1, 0.15) is 6.20 Å². The molecule has 0 saturated carbocycles. The fourth-order valence-corrected chi connectivity index (χ4v) is 1.35. The van der Waals surface area contributed by atoms with E-state index in [0.717, 1.165) is 6.20 Å². The molecule has 3 N–H and O–H groups in total. The van der Waals surface area contributed by atoms with Crippen molar-refractivity contribution in [3.8, 4) is 0 Å². The number of anilines is 2. The maximum atomic E-state index is 10.8. The lowest BCUT2D eigenvalue weighted by atomic mass is 10.3. The van der Waals surface area contributed by atoms with Gasteiger partial charge in [-0.3, -0.25) is 10.1 Å². The highest BCUT2D eigenvalue weighted by Gasteiger charge is 2.17. The number of aromatic nitrogens is 2. The van der Waals surface area contributed by atoms with E-state index in [4.69, 9.17) is 4.74 Å². The van der Waals surface area contributed by atoms with Crippen molar-refractivity contribution < 1.29 is 14.8 Å². The molecule has 0 aliphatic rings. The van der Waals surface area contributed by atoms with Crippen molar-refractivity contribution in [2.24, 2.45) is 0 Å². The van der Waals surface area contributed by atoms with E-state index in [-0.39, 0.29) is 30.6 Å². The molecular weight excluding hydrogens is 254 g/mol. The van der Waals surface area contributed by atoms with E-state index < -0.39 is 11.0 Å². The Morgan fingerprint density at radius 3 is 2.89 bits per heavy atom. The number of hydrogen-bond acceptors (Lipinski definition) is 8. The number of nitrogens with one attached hydrogen (secondary N) is 2. The SMILES string of the molecule is CCNc1ncc([N+](=O)[O-])c(NCC(O)COC)n1. The average molecular weight is 271 g/mol. The van der Waals surface area contributed by atoms with Gasteiger partial charge in [-0.15, -0.1) is 0 Å². The lowest BCUT2D eigenvalue weighted by Gasteiger charge is -2.11. The fraction of sp³-hybridized carbons (Fsp3) is 0.600. The Morgan fingerprint density at radius 2 is 2.32 bits per heavy atom. The second kappa shape index (κ2) is 7.44. The van der Waals surface area contributed by atoms with Crippen LogP contribution in [0.4, 0.5) is 17.5 Å². The predicted octanol–water partition coefficient (Wildman–Crippen LogP) is 0.236. The molecule has 1 unspecified atom stereocenters. The first-order valence-corrected chi connectivity index (χ1v) is 5.74. The molecule has 1 atom stereocenters. The zero-order valence-corrected chi connectivity index (χ0v) is 10.8. The Morgan fingerprint density at radius 1 is 1.58 bits per heavy atom. The van der Waals surface area contributed by atoms with Crippen molar-refractivity contribution in [3.63, 3.8) is 0 Å². The molecule has 1 rings (SSSR count). The van der Waals surface area contributed by atoms with E-state index in [2.05, 4.69) is 20.6 Å². The number of aliphatic hydroxyl groups excluding tert-OH is 1. The first-order chi connectivity index (χ1) is 9.08. The van der Waals surface area contributed by atoms with Crippen LogP contribution in [-0.2, 0) is 4.74 Å². The molecule has 9 heteroatoms. The minimum absolute atomic E-state index is 0.0612.